The second-order valence-electron chi connectivity index (χ2n) is 13.3. The molecule has 0 heterocycles. The first kappa shape index (κ1) is 42.0. The third kappa shape index (κ3) is 14.7. The number of aliphatic hydroxyl groups is 2. The van der Waals surface area contributed by atoms with Gasteiger partial charge in [-0.2, -0.15) is 33.7 Å². The topological polar surface area (TPSA) is 40.5 Å². The molecule has 0 saturated heterocycles. The zero-order valence-corrected chi connectivity index (χ0v) is 29.6. The molecule has 3 aliphatic rings. The van der Waals surface area contributed by atoms with Gasteiger partial charge in [0.15, 0.2) is 0 Å². The van der Waals surface area contributed by atoms with Crippen LogP contribution >= 0.6 is 11.8 Å². The highest BCUT2D eigenvalue weighted by molar-refractivity contribution is 7.99. The summed E-state index contributed by atoms with van der Waals surface area (Å²) in [6.07, 6.45) is 19.0. The van der Waals surface area contributed by atoms with Gasteiger partial charge in [0.1, 0.15) is 5.76 Å². The maximum atomic E-state index is 12.6. The van der Waals surface area contributed by atoms with Crippen molar-refractivity contribution in [3.05, 3.63) is 35.6 Å². The molecule has 2 nitrogen and oxygen atoms in total. The fraction of sp³-hybridized carbons (Fsp3) is 0.838. The van der Waals surface area contributed by atoms with Crippen molar-refractivity contribution in [1.82, 2.24) is 0 Å². The quantitative estimate of drug-likeness (QED) is 0.135. The molecule has 0 spiro atoms. The Kier molecular flexibility index (Phi) is 20.3. The lowest BCUT2D eigenvalue weighted by molar-refractivity contribution is -0.284. The van der Waals surface area contributed by atoms with Crippen LogP contribution in [0.2, 0.25) is 0 Å². The lowest BCUT2D eigenvalue weighted by Gasteiger charge is -2.37. The Hall–Kier alpha value is -1.02. The summed E-state index contributed by atoms with van der Waals surface area (Å²) >= 11 is 1.47. The molecular formula is C37H63F5O2S. The zero-order valence-electron chi connectivity index (χ0n) is 28.7. The molecule has 0 aromatic heterocycles. The van der Waals surface area contributed by atoms with E-state index in [1.807, 2.05) is 26.0 Å². The number of unbranched alkanes of at least 4 members (excludes halogenated alkanes) is 6. The van der Waals surface area contributed by atoms with E-state index >= 15 is 0 Å². The van der Waals surface area contributed by atoms with Crippen molar-refractivity contribution in [2.24, 2.45) is 23.2 Å². The van der Waals surface area contributed by atoms with E-state index in [-0.39, 0.29) is 17.9 Å². The van der Waals surface area contributed by atoms with Crippen molar-refractivity contribution in [1.29, 1.82) is 0 Å². The molecule has 0 radical (unpaired) electrons. The van der Waals surface area contributed by atoms with Crippen LogP contribution in [-0.4, -0.2) is 39.9 Å². The largest absolute Gasteiger partial charge is 0.508 e. The highest BCUT2D eigenvalue weighted by Gasteiger charge is 2.56. The smallest absolute Gasteiger partial charge is 0.453 e. The molecule has 5 atom stereocenters. The number of halogens is 5. The first-order valence-electron chi connectivity index (χ1n) is 17.8. The van der Waals surface area contributed by atoms with E-state index in [1.54, 1.807) is 6.08 Å². The van der Waals surface area contributed by atoms with Crippen LogP contribution in [0.25, 0.3) is 0 Å². The van der Waals surface area contributed by atoms with Crippen molar-refractivity contribution in [2.75, 3.05) is 11.5 Å². The highest BCUT2D eigenvalue weighted by atomic mass is 32.2. The Labute approximate surface area is 275 Å². The Morgan fingerprint density at radius 2 is 1.56 bits per heavy atom. The lowest BCUT2D eigenvalue weighted by Crippen LogP contribution is -2.36. The average molecular weight is 667 g/mol. The van der Waals surface area contributed by atoms with Gasteiger partial charge < -0.3 is 10.2 Å². The number of hydrogen-bond donors (Lipinski definition) is 2. The number of rotatable bonds is 15. The number of alkyl halides is 5. The van der Waals surface area contributed by atoms with Gasteiger partial charge in [-0.1, -0.05) is 110 Å². The van der Waals surface area contributed by atoms with Crippen molar-refractivity contribution >= 4 is 11.8 Å². The fourth-order valence-corrected chi connectivity index (χ4v) is 8.06. The van der Waals surface area contributed by atoms with Crippen LogP contribution in [0.3, 0.4) is 0 Å². The standard InChI is InChI=1S/C21H32O2.C14H25F5S.C2H6/c1-15-6-5-8-18(22)14-17(15)10-9-16-7-3-4-13-21(2)19(16)11-12-20(21)23;1-2-3-4-5-6-7-8-11-20-12-9-10-13(15,16)14(17,18)19;1-2/h5-6,8,14-16,19-20,22-23H,3-4,7,9-13H2,1-2H3;2-12H2,1H3;1-2H3. The summed E-state index contributed by atoms with van der Waals surface area (Å²) in [6, 6.07) is 0. The van der Waals surface area contributed by atoms with E-state index in [1.165, 1.54) is 88.0 Å². The molecule has 0 aromatic rings. The Balaban J connectivity index is 0.000000432. The van der Waals surface area contributed by atoms with Crippen LogP contribution in [0.15, 0.2) is 35.6 Å². The number of thioether (sulfide) groups is 1. The molecule has 45 heavy (non-hydrogen) atoms. The number of allylic oxidation sites excluding steroid dienone is 5. The van der Waals surface area contributed by atoms with Gasteiger partial charge in [-0.05, 0) is 91.8 Å². The molecular weight excluding hydrogens is 603 g/mol. The first-order valence-corrected chi connectivity index (χ1v) is 19.0. The van der Waals surface area contributed by atoms with Crippen molar-refractivity contribution < 1.29 is 32.2 Å². The summed E-state index contributed by atoms with van der Waals surface area (Å²) in [5.41, 5.74) is 1.49. The molecule has 3 aliphatic carbocycles. The fourth-order valence-electron chi connectivity index (χ4n) is 7.10. The predicted octanol–water partition coefficient (Wildman–Crippen LogP) is 12.8. The SMILES string of the molecule is CC.CC1C=CC=C(O)C=C1CCC1CCCCC2(C)C(O)CCC12.CCCCCCCCCSCCCC(F)(F)C(F)(F)F. The number of aliphatic hydroxyl groups excluding tert-OH is 2. The van der Waals surface area contributed by atoms with E-state index in [4.69, 9.17) is 0 Å². The van der Waals surface area contributed by atoms with E-state index in [0.29, 0.717) is 23.3 Å². The summed E-state index contributed by atoms with van der Waals surface area (Å²) < 4.78 is 60.8. The summed E-state index contributed by atoms with van der Waals surface area (Å²) in [5.74, 6) is -1.11. The molecule has 2 saturated carbocycles. The van der Waals surface area contributed by atoms with Gasteiger partial charge in [-0.25, -0.2) is 0 Å². The minimum Gasteiger partial charge on any atom is -0.508 e. The lowest BCUT2D eigenvalue weighted by atomic mass is 9.69. The second kappa shape index (κ2) is 21.8. The predicted molar refractivity (Wildman–Crippen MR) is 182 cm³/mol. The Morgan fingerprint density at radius 3 is 2.22 bits per heavy atom. The van der Waals surface area contributed by atoms with E-state index in [9.17, 15) is 32.2 Å². The maximum absolute atomic E-state index is 12.6. The Bertz CT molecular complexity index is 885. The van der Waals surface area contributed by atoms with Gasteiger partial charge in [0.2, 0.25) is 0 Å². The van der Waals surface area contributed by atoms with Gasteiger partial charge in [0.05, 0.1) is 6.10 Å². The molecule has 5 unspecified atom stereocenters. The molecule has 0 aromatic carbocycles. The maximum Gasteiger partial charge on any atom is 0.453 e. The average Bonchev–Trinajstić information content (AvgIpc) is 3.09. The van der Waals surface area contributed by atoms with Crippen molar-refractivity contribution in [3.8, 4) is 0 Å². The number of hydrogen-bond acceptors (Lipinski definition) is 3. The molecule has 0 bridgehead atoms. The third-order valence-corrected chi connectivity index (χ3v) is 11.1. The van der Waals surface area contributed by atoms with Gasteiger partial charge in [-0.3, -0.25) is 0 Å². The molecule has 264 valence electrons. The monoisotopic (exact) mass is 666 g/mol. The zero-order chi connectivity index (χ0) is 33.9. The molecule has 2 fully saturated rings. The van der Waals surface area contributed by atoms with E-state index < -0.39 is 18.5 Å². The van der Waals surface area contributed by atoms with Gasteiger partial charge in [0, 0.05) is 6.42 Å². The normalized spacial score (nSPS) is 26.7. The summed E-state index contributed by atoms with van der Waals surface area (Å²) in [6.45, 7) is 10.7. The van der Waals surface area contributed by atoms with Crippen molar-refractivity contribution in [3.63, 3.8) is 0 Å². The number of fused-ring (bicyclic) bond motifs is 1. The molecule has 3 rings (SSSR count). The third-order valence-electron chi connectivity index (χ3n) is 9.94. The molecule has 0 amide bonds. The molecule has 0 aliphatic heterocycles. The van der Waals surface area contributed by atoms with Gasteiger partial charge in [-0.15, -0.1) is 0 Å². The van der Waals surface area contributed by atoms with E-state index in [2.05, 4.69) is 26.8 Å². The molecule has 8 heteroatoms. The van der Waals surface area contributed by atoms with Gasteiger partial charge in [0.25, 0.3) is 0 Å². The summed E-state index contributed by atoms with van der Waals surface area (Å²) in [7, 11) is 0. The first-order chi connectivity index (χ1) is 21.3. The molecule has 2 N–H and O–H groups in total. The van der Waals surface area contributed by atoms with Crippen LogP contribution in [0.1, 0.15) is 144 Å². The van der Waals surface area contributed by atoms with Crippen molar-refractivity contribution in [2.45, 2.75) is 162 Å². The Morgan fingerprint density at radius 1 is 0.911 bits per heavy atom. The van der Waals surface area contributed by atoms with Crippen LogP contribution < -0.4 is 0 Å². The minimum absolute atomic E-state index is 0.0896. The van der Waals surface area contributed by atoms with E-state index in [0.717, 1.165) is 37.4 Å². The summed E-state index contributed by atoms with van der Waals surface area (Å²) in [4.78, 5) is 0. The van der Waals surface area contributed by atoms with Crippen LogP contribution in [-0.2, 0) is 0 Å². The van der Waals surface area contributed by atoms with Gasteiger partial charge >= 0.3 is 12.1 Å². The van der Waals surface area contributed by atoms with Crippen LogP contribution in [0, 0.1) is 23.2 Å². The van der Waals surface area contributed by atoms with Crippen LogP contribution in [0.4, 0.5) is 22.0 Å². The second-order valence-corrected chi connectivity index (χ2v) is 14.5. The van der Waals surface area contributed by atoms with Crippen LogP contribution in [0.5, 0.6) is 0 Å². The summed E-state index contributed by atoms with van der Waals surface area (Å²) in [5, 5.41) is 20.4. The highest BCUT2D eigenvalue weighted by Crippen LogP contribution is 2.54. The minimum atomic E-state index is -5.41.